The minimum atomic E-state index is 0. The topological polar surface area (TPSA) is 17.1 Å². The molecule has 0 rings (SSSR count). The summed E-state index contributed by atoms with van der Waals surface area (Å²) in [5.74, 6) is 0. The van der Waals surface area contributed by atoms with Gasteiger partial charge in [-0.1, -0.05) is 0 Å². The second kappa shape index (κ2) is 21.4. The molecule has 0 heterocycles. The van der Waals surface area contributed by atoms with Crippen molar-refractivity contribution in [3.8, 4) is 0 Å². The molecule has 0 aromatic heterocycles. The fourth-order valence-corrected chi connectivity index (χ4v) is 0. The van der Waals surface area contributed by atoms with Crippen LogP contribution in [-0.2, 0) is 64.5 Å². The molecule has 0 aliphatic carbocycles. The normalized spacial score (nSPS) is 1.50. The van der Waals surface area contributed by atoms with Gasteiger partial charge in [0.15, 0.2) is 0 Å². The van der Waals surface area contributed by atoms with Gasteiger partial charge in [-0.25, -0.2) is 0 Å². The van der Waals surface area contributed by atoms with E-state index in [0.29, 0.717) is 0 Å². The van der Waals surface area contributed by atoms with E-state index in [1.807, 2.05) is 0 Å². The fourth-order valence-electron chi connectivity index (χ4n) is 0. The Kier molecular flexibility index (Phi) is 91.2. The van der Waals surface area contributed by atoms with Gasteiger partial charge in [0.2, 0.25) is 0 Å². The molecule has 39 valence electrons. The molecule has 4 heavy (non-hydrogen) atoms. The summed E-state index contributed by atoms with van der Waals surface area (Å²) in [7, 11) is 0. The van der Waals surface area contributed by atoms with Crippen LogP contribution in [0.2, 0.25) is 0 Å². The molecule has 0 amide bonds. The summed E-state index contributed by atoms with van der Waals surface area (Å²) < 4.78 is 7.81. The van der Waals surface area contributed by atoms with Gasteiger partial charge >= 0.3 is 19.8 Å². The van der Waals surface area contributed by atoms with E-state index in [9.17, 15) is 0 Å². The van der Waals surface area contributed by atoms with Gasteiger partial charge in [-0.15, -0.1) is 0 Å². The molecule has 0 unspecified atom stereocenters. The molecular weight excluding hydrogens is 384 g/mol. The van der Waals surface area contributed by atoms with Crippen LogP contribution in [0.25, 0.3) is 0 Å². The predicted octanol–water partition coefficient (Wildman–Crippen LogP) is -0.126. The predicted molar refractivity (Wildman–Crippen MR) is 0.686 cm³/mol. The van der Waals surface area contributed by atoms with Crippen molar-refractivity contribution in [2.45, 2.75) is 0 Å². The number of hydrogen-bond acceptors (Lipinski definition) is 1. The van der Waals surface area contributed by atoms with Crippen LogP contribution in [0.4, 0.5) is 0 Å². The molecule has 0 aromatic carbocycles. The van der Waals surface area contributed by atoms with Crippen molar-refractivity contribution in [2.24, 2.45) is 0 Å². The van der Waals surface area contributed by atoms with Crippen molar-refractivity contribution in [3.05, 3.63) is 0 Å². The molecule has 0 bridgehead atoms. The van der Waals surface area contributed by atoms with Crippen LogP contribution in [0, 0.1) is 0 Å². The fraction of sp³-hybridized carbons (Fsp3) is 0. The van der Waals surface area contributed by atoms with E-state index in [1.54, 1.807) is 0 Å². The van der Waals surface area contributed by atoms with E-state index in [4.69, 9.17) is 3.83 Å². The van der Waals surface area contributed by atoms with Crippen LogP contribution in [-0.4, -0.2) is 0 Å². The Morgan fingerprint density at radius 2 is 1.25 bits per heavy atom. The molecule has 0 aromatic rings. The van der Waals surface area contributed by atoms with Gasteiger partial charge in [-0.05, 0) is 0 Å². The van der Waals surface area contributed by atoms with Crippen LogP contribution in [0.3, 0.4) is 0 Å². The molecule has 0 aliphatic rings. The third-order valence-electron chi connectivity index (χ3n) is 0. The quantitative estimate of drug-likeness (QED) is 0.532. The van der Waals surface area contributed by atoms with Gasteiger partial charge in [0.05, 0.1) is 0 Å². The minimum absolute atomic E-state index is 0. The van der Waals surface area contributed by atoms with Crippen molar-refractivity contribution in [2.75, 3.05) is 0 Å². The molecule has 4 heteroatoms. The average molecular weight is 384 g/mol. The molecule has 0 fully saturated rings. The zero-order valence-electron chi connectivity index (χ0n) is 1.31. The van der Waals surface area contributed by atoms with Crippen molar-refractivity contribution in [1.82, 2.24) is 0 Å². The van der Waals surface area contributed by atoms with Crippen LogP contribution < -0.4 is 0 Å². The third kappa shape index (κ3) is 9.20. The Bertz CT molecular complexity index is 8.00. The first-order valence-electron chi connectivity index (χ1n) is 0.123. The van der Waals surface area contributed by atoms with Gasteiger partial charge in [-0.3, -0.25) is 0 Å². The second-order valence-corrected chi connectivity index (χ2v) is 0. The summed E-state index contributed by atoms with van der Waals surface area (Å²) in [6.07, 6.45) is 0. The standard InChI is InChI=1S/Ag.Au.Cu.O. The Morgan fingerprint density at radius 1 is 1.25 bits per heavy atom. The molecule has 1 nitrogen and oxygen atoms in total. The Morgan fingerprint density at radius 3 is 1.25 bits per heavy atom. The Hall–Kier alpha value is 1.80. The molecule has 0 saturated heterocycles. The molecule has 0 atom stereocenters. The number of rotatable bonds is 0. The first-order chi connectivity index (χ1) is 1.00. The zero-order valence-corrected chi connectivity index (χ0v) is 5.90. The van der Waals surface area contributed by atoms with Gasteiger partial charge in [-0.2, -0.15) is 0 Å². The summed E-state index contributed by atoms with van der Waals surface area (Å²) in [5.41, 5.74) is 0. The molecule has 2 radical (unpaired) electrons. The van der Waals surface area contributed by atoms with E-state index in [1.165, 1.54) is 0 Å². The summed E-state index contributed by atoms with van der Waals surface area (Å²) in [5, 5.41) is 0. The van der Waals surface area contributed by atoms with Crippen LogP contribution in [0.15, 0.2) is 0 Å². The van der Waals surface area contributed by atoms with Gasteiger partial charge in [0, 0.05) is 44.8 Å². The van der Waals surface area contributed by atoms with Crippen molar-refractivity contribution >= 4 is 0 Å². The Labute approximate surface area is 63.9 Å². The zero-order chi connectivity index (χ0) is 2.00. The summed E-state index contributed by atoms with van der Waals surface area (Å²) in [6.45, 7) is 0. The maximum absolute atomic E-state index is 7.81. The van der Waals surface area contributed by atoms with Crippen molar-refractivity contribution in [1.29, 1.82) is 0 Å². The maximum atomic E-state index is 7.81. The van der Waals surface area contributed by atoms with Gasteiger partial charge in [0.25, 0.3) is 0 Å². The first kappa shape index (κ1) is 17.0. The second-order valence-electron chi connectivity index (χ2n) is 0. The molecular formula is AgAuCuO. The van der Waals surface area contributed by atoms with Gasteiger partial charge < -0.3 is 0 Å². The first-order valence-corrected chi connectivity index (χ1v) is 0.508. The SMILES string of the molecule is [Ag].[Au].[O]=[Cu]. The van der Waals surface area contributed by atoms with Crippen LogP contribution >= 0.6 is 0 Å². The molecule has 0 spiro atoms. The van der Waals surface area contributed by atoms with E-state index in [0.717, 1.165) is 0 Å². The average Bonchev–Trinajstić information content (AvgIpc) is 1.00. The molecule has 0 N–H and O–H groups in total. The van der Waals surface area contributed by atoms with Crippen LogP contribution in [0.5, 0.6) is 0 Å². The monoisotopic (exact) mass is 383 g/mol. The molecule has 0 saturated carbocycles. The van der Waals surface area contributed by atoms with Crippen molar-refractivity contribution < 1.29 is 64.5 Å². The summed E-state index contributed by atoms with van der Waals surface area (Å²) in [4.78, 5) is 0. The van der Waals surface area contributed by atoms with Gasteiger partial charge in [0.1, 0.15) is 0 Å². The third-order valence-corrected chi connectivity index (χ3v) is 0. The van der Waals surface area contributed by atoms with Crippen LogP contribution in [0.1, 0.15) is 0 Å². The van der Waals surface area contributed by atoms with E-state index in [-0.39, 0.29) is 44.8 Å². The number of hydrogen-bond donors (Lipinski definition) is 0. The Balaban J connectivity index is -0.00000000500. The summed E-state index contributed by atoms with van der Waals surface area (Å²) in [6, 6.07) is 0. The van der Waals surface area contributed by atoms with Crippen molar-refractivity contribution in [3.63, 3.8) is 0 Å². The molecule has 0 aliphatic heterocycles. The van der Waals surface area contributed by atoms with E-state index in [2.05, 4.69) is 15.9 Å². The summed E-state index contributed by atoms with van der Waals surface area (Å²) >= 11 is 2.94. The van der Waals surface area contributed by atoms with E-state index < -0.39 is 0 Å². The van der Waals surface area contributed by atoms with E-state index >= 15 is 0 Å².